The summed E-state index contributed by atoms with van der Waals surface area (Å²) in [5.74, 6) is -0.0755. The van der Waals surface area contributed by atoms with Crippen molar-refractivity contribution in [3.63, 3.8) is 0 Å². The van der Waals surface area contributed by atoms with Crippen LogP contribution in [0.1, 0.15) is 32.8 Å². The zero-order valence-electron chi connectivity index (χ0n) is 10.9. The SMILES string of the molecule is CC(C)(C)NC(=O)[C@@H](N)CCc1ccccc1. The minimum Gasteiger partial charge on any atom is -0.350 e. The fourth-order valence-corrected chi connectivity index (χ4v) is 1.56. The van der Waals surface area contributed by atoms with Gasteiger partial charge in [0.15, 0.2) is 0 Å². The summed E-state index contributed by atoms with van der Waals surface area (Å²) in [5.41, 5.74) is 6.85. The van der Waals surface area contributed by atoms with Crippen molar-refractivity contribution in [2.24, 2.45) is 5.73 Å². The van der Waals surface area contributed by atoms with Crippen molar-refractivity contribution in [1.29, 1.82) is 0 Å². The Balaban J connectivity index is 2.40. The van der Waals surface area contributed by atoms with Crippen molar-refractivity contribution < 1.29 is 4.79 Å². The van der Waals surface area contributed by atoms with Gasteiger partial charge in [-0.05, 0) is 39.2 Å². The summed E-state index contributed by atoms with van der Waals surface area (Å²) < 4.78 is 0. The number of nitrogens with two attached hydrogens (primary N) is 1. The lowest BCUT2D eigenvalue weighted by atomic mass is 10.0. The minimum absolute atomic E-state index is 0.0755. The molecule has 0 aliphatic carbocycles. The molecule has 0 aliphatic heterocycles. The lowest BCUT2D eigenvalue weighted by Crippen LogP contribution is -2.49. The third-order valence-electron chi connectivity index (χ3n) is 2.42. The number of benzene rings is 1. The highest BCUT2D eigenvalue weighted by Crippen LogP contribution is 2.05. The first-order chi connectivity index (χ1) is 7.88. The van der Waals surface area contributed by atoms with Gasteiger partial charge in [0.25, 0.3) is 0 Å². The molecule has 1 amide bonds. The molecule has 17 heavy (non-hydrogen) atoms. The smallest absolute Gasteiger partial charge is 0.237 e. The summed E-state index contributed by atoms with van der Waals surface area (Å²) in [6.07, 6.45) is 1.51. The second-order valence-electron chi connectivity index (χ2n) is 5.37. The van der Waals surface area contributed by atoms with Crippen LogP contribution in [-0.4, -0.2) is 17.5 Å². The fourth-order valence-electron chi connectivity index (χ4n) is 1.56. The molecule has 0 saturated carbocycles. The molecular weight excluding hydrogens is 212 g/mol. The van der Waals surface area contributed by atoms with Crippen molar-refractivity contribution in [3.8, 4) is 0 Å². The summed E-state index contributed by atoms with van der Waals surface area (Å²) in [6.45, 7) is 5.86. The molecule has 94 valence electrons. The maximum atomic E-state index is 11.7. The summed E-state index contributed by atoms with van der Waals surface area (Å²) >= 11 is 0. The number of aryl methyl sites for hydroxylation is 1. The zero-order chi connectivity index (χ0) is 12.9. The van der Waals surface area contributed by atoms with Crippen LogP contribution in [0.15, 0.2) is 30.3 Å². The zero-order valence-corrected chi connectivity index (χ0v) is 10.9. The lowest BCUT2D eigenvalue weighted by Gasteiger charge is -2.23. The van der Waals surface area contributed by atoms with Crippen LogP contribution in [0.5, 0.6) is 0 Å². The first-order valence-corrected chi connectivity index (χ1v) is 6.00. The van der Waals surface area contributed by atoms with Crippen molar-refractivity contribution in [3.05, 3.63) is 35.9 Å². The molecule has 3 nitrogen and oxygen atoms in total. The maximum Gasteiger partial charge on any atom is 0.237 e. The van der Waals surface area contributed by atoms with Crippen LogP contribution in [0.25, 0.3) is 0 Å². The van der Waals surface area contributed by atoms with E-state index in [2.05, 4.69) is 5.32 Å². The van der Waals surface area contributed by atoms with E-state index in [1.807, 2.05) is 51.1 Å². The molecule has 0 saturated heterocycles. The van der Waals surface area contributed by atoms with Gasteiger partial charge < -0.3 is 11.1 Å². The molecular formula is C14H22N2O. The van der Waals surface area contributed by atoms with Gasteiger partial charge in [-0.15, -0.1) is 0 Å². The quantitative estimate of drug-likeness (QED) is 0.835. The molecule has 3 heteroatoms. The molecule has 0 aliphatic rings. The second kappa shape index (κ2) is 5.82. The first-order valence-electron chi connectivity index (χ1n) is 6.00. The molecule has 0 heterocycles. The number of nitrogens with one attached hydrogen (secondary N) is 1. The van der Waals surface area contributed by atoms with E-state index >= 15 is 0 Å². The van der Waals surface area contributed by atoms with E-state index in [4.69, 9.17) is 5.73 Å². The number of carbonyl (C=O) groups is 1. The van der Waals surface area contributed by atoms with Crippen molar-refractivity contribution in [1.82, 2.24) is 5.32 Å². The van der Waals surface area contributed by atoms with Crippen LogP contribution in [0.4, 0.5) is 0 Å². The highest BCUT2D eigenvalue weighted by atomic mass is 16.2. The molecule has 1 rings (SSSR count). The standard InChI is InChI=1S/C14H22N2O/c1-14(2,3)16-13(17)12(15)10-9-11-7-5-4-6-8-11/h4-8,12H,9-10,15H2,1-3H3,(H,16,17)/t12-/m0/s1. The molecule has 1 atom stereocenters. The van der Waals surface area contributed by atoms with Crippen LogP contribution < -0.4 is 11.1 Å². The summed E-state index contributed by atoms with van der Waals surface area (Å²) in [7, 11) is 0. The Hall–Kier alpha value is -1.35. The van der Waals surface area contributed by atoms with Gasteiger partial charge in [0.2, 0.25) is 5.91 Å². The number of hydrogen-bond donors (Lipinski definition) is 2. The number of carbonyl (C=O) groups excluding carboxylic acids is 1. The van der Waals surface area contributed by atoms with Crippen LogP contribution in [0.2, 0.25) is 0 Å². The highest BCUT2D eigenvalue weighted by molar-refractivity contribution is 5.82. The molecule has 0 unspecified atom stereocenters. The molecule has 1 aromatic carbocycles. The molecule has 0 bridgehead atoms. The van der Waals surface area contributed by atoms with Gasteiger partial charge in [0, 0.05) is 5.54 Å². The van der Waals surface area contributed by atoms with Gasteiger partial charge in [-0.1, -0.05) is 30.3 Å². The molecule has 0 spiro atoms. The third-order valence-corrected chi connectivity index (χ3v) is 2.42. The van der Waals surface area contributed by atoms with Gasteiger partial charge in [-0.25, -0.2) is 0 Å². The maximum absolute atomic E-state index is 11.7. The Labute approximate surface area is 103 Å². The fraction of sp³-hybridized carbons (Fsp3) is 0.500. The highest BCUT2D eigenvalue weighted by Gasteiger charge is 2.19. The Morgan fingerprint density at radius 2 is 1.88 bits per heavy atom. The normalized spacial score (nSPS) is 13.2. The molecule has 0 fully saturated rings. The van der Waals surface area contributed by atoms with Gasteiger partial charge >= 0.3 is 0 Å². The largest absolute Gasteiger partial charge is 0.350 e. The number of amides is 1. The van der Waals surface area contributed by atoms with Crippen LogP contribution >= 0.6 is 0 Å². The lowest BCUT2D eigenvalue weighted by molar-refractivity contribution is -0.123. The molecule has 0 aromatic heterocycles. The summed E-state index contributed by atoms with van der Waals surface area (Å²) in [4.78, 5) is 11.7. The van der Waals surface area contributed by atoms with E-state index < -0.39 is 6.04 Å². The average molecular weight is 234 g/mol. The van der Waals surface area contributed by atoms with Gasteiger partial charge in [0.1, 0.15) is 0 Å². The Bertz CT molecular complexity index is 354. The van der Waals surface area contributed by atoms with Crippen molar-refractivity contribution >= 4 is 5.91 Å². The monoisotopic (exact) mass is 234 g/mol. The van der Waals surface area contributed by atoms with Gasteiger partial charge in [0.05, 0.1) is 6.04 Å². The van der Waals surface area contributed by atoms with E-state index in [-0.39, 0.29) is 11.4 Å². The van der Waals surface area contributed by atoms with Crippen molar-refractivity contribution in [2.45, 2.75) is 45.2 Å². The van der Waals surface area contributed by atoms with Gasteiger partial charge in [-0.2, -0.15) is 0 Å². The Morgan fingerprint density at radius 1 is 1.29 bits per heavy atom. The average Bonchev–Trinajstić information content (AvgIpc) is 2.25. The van der Waals surface area contributed by atoms with E-state index in [0.717, 1.165) is 6.42 Å². The van der Waals surface area contributed by atoms with E-state index in [1.165, 1.54) is 5.56 Å². The van der Waals surface area contributed by atoms with Crippen molar-refractivity contribution in [2.75, 3.05) is 0 Å². The topological polar surface area (TPSA) is 55.1 Å². The summed E-state index contributed by atoms with van der Waals surface area (Å²) in [6, 6.07) is 9.64. The third kappa shape index (κ3) is 5.50. The van der Waals surface area contributed by atoms with Crippen LogP contribution in [-0.2, 0) is 11.2 Å². The molecule has 1 aromatic rings. The minimum atomic E-state index is -0.436. The van der Waals surface area contributed by atoms with E-state index in [1.54, 1.807) is 0 Å². The van der Waals surface area contributed by atoms with Crippen LogP contribution in [0.3, 0.4) is 0 Å². The molecule has 3 N–H and O–H groups in total. The number of rotatable bonds is 4. The van der Waals surface area contributed by atoms with Crippen LogP contribution in [0, 0.1) is 0 Å². The van der Waals surface area contributed by atoms with Gasteiger partial charge in [-0.3, -0.25) is 4.79 Å². The first kappa shape index (κ1) is 13.7. The van der Waals surface area contributed by atoms with E-state index in [0.29, 0.717) is 6.42 Å². The molecule has 0 radical (unpaired) electrons. The second-order valence-corrected chi connectivity index (χ2v) is 5.37. The predicted molar refractivity (Wildman–Crippen MR) is 70.6 cm³/mol. The predicted octanol–water partition coefficient (Wildman–Crippen LogP) is 1.86. The van der Waals surface area contributed by atoms with E-state index in [9.17, 15) is 4.79 Å². The Kier molecular flexibility index (Phi) is 4.70. The number of hydrogen-bond acceptors (Lipinski definition) is 2. The summed E-state index contributed by atoms with van der Waals surface area (Å²) in [5, 5.41) is 2.89. The Morgan fingerprint density at radius 3 is 2.41 bits per heavy atom.